The van der Waals surface area contributed by atoms with Gasteiger partial charge in [0.15, 0.2) is 17.5 Å². The molecule has 0 atom stereocenters. The fraction of sp³-hybridized carbons (Fsp3) is 0.0714. The molecule has 0 aliphatic carbocycles. The molecule has 21 heavy (non-hydrogen) atoms. The van der Waals surface area contributed by atoms with Gasteiger partial charge in [-0.15, -0.1) is 0 Å². The number of benzene rings is 2. The number of rotatable bonds is 3. The van der Waals surface area contributed by atoms with Gasteiger partial charge in [-0.25, -0.2) is 18.0 Å². The van der Waals surface area contributed by atoms with Crippen LogP contribution < -0.4 is 10.6 Å². The van der Waals surface area contributed by atoms with Crippen molar-refractivity contribution in [3.63, 3.8) is 0 Å². The second-order valence-corrected chi connectivity index (χ2v) is 5.08. The summed E-state index contributed by atoms with van der Waals surface area (Å²) in [7, 11) is 0. The summed E-state index contributed by atoms with van der Waals surface area (Å²) in [6.07, 6.45) is 0. The average Bonchev–Trinajstić information content (AvgIpc) is 2.46. The highest BCUT2D eigenvalue weighted by Gasteiger charge is 2.14. The monoisotopic (exact) mass is 358 g/mol. The Morgan fingerprint density at radius 2 is 1.86 bits per heavy atom. The number of halogens is 4. The van der Waals surface area contributed by atoms with E-state index in [1.54, 1.807) is 18.2 Å². The second kappa shape index (κ2) is 6.62. The SMILES string of the molecule is O=C(NCc1cccc(Br)c1)Nc1ccc(F)c(F)c1F. The first-order valence-corrected chi connectivity index (χ1v) is 6.69. The number of hydrogen-bond acceptors (Lipinski definition) is 1. The Labute approximate surface area is 127 Å². The molecule has 3 nitrogen and oxygen atoms in total. The quantitative estimate of drug-likeness (QED) is 0.793. The highest BCUT2D eigenvalue weighted by molar-refractivity contribution is 9.10. The van der Waals surface area contributed by atoms with E-state index in [0.29, 0.717) is 0 Å². The first-order valence-electron chi connectivity index (χ1n) is 5.90. The smallest absolute Gasteiger partial charge is 0.319 e. The fourth-order valence-electron chi connectivity index (χ4n) is 1.62. The van der Waals surface area contributed by atoms with Crippen LogP contribution in [0.1, 0.15) is 5.56 Å². The average molecular weight is 359 g/mol. The van der Waals surface area contributed by atoms with Gasteiger partial charge in [0.05, 0.1) is 5.69 Å². The van der Waals surface area contributed by atoms with Crippen LogP contribution in [0, 0.1) is 17.5 Å². The summed E-state index contributed by atoms with van der Waals surface area (Å²) in [5.41, 5.74) is 0.394. The molecule has 0 aromatic heterocycles. The van der Waals surface area contributed by atoms with Crippen molar-refractivity contribution < 1.29 is 18.0 Å². The molecule has 2 rings (SSSR count). The van der Waals surface area contributed by atoms with Gasteiger partial charge in [0, 0.05) is 11.0 Å². The van der Waals surface area contributed by atoms with E-state index < -0.39 is 29.2 Å². The van der Waals surface area contributed by atoms with Gasteiger partial charge < -0.3 is 10.6 Å². The molecule has 0 saturated heterocycles. The van der Waals surface area contributed by atoms with E-state index in [4.69, 9.17) is 0 Å². The van der Waals surface area contributed by atoms with Crippen LogP contribution in [0.15, 0.2) is 40.9 Å². The Kier molecular flexibility index (Phi) is 4.85. The second-order valence-electron chi connectivity index (χ2n) is 4.16. The standard InChI is InChI=1S/C14H10BrF3N2O/c15-9-3-1-2-8(6-9)7-19-14(21)20-11-5-4-10(16)12(17)13(11)18/h1-6H,7H2,(H2,19,20,21). The van der Waals surface area contributed by atoms with Gasteiger partial charge in [-0.05, 0) is 29.8 Å². The number of nitrogens with one attached hydrogen (secondary N) is 2. The van der Waals surface area contributed by atoms with Gasteiger partial charge in [-0.1, -0.05) is 28.1 Å². The topological polar surface area (TPSA) is 41.1 Å². The summed E-state index contributed by atoms with van der Waals surface area (Å²) in [6, 6.07) is 8.20. The summed E-state index contributed by atoms with van der Waals surface area (Å²) in [4.78, 5) is 11.6. The minimum atomic E-state index is -1.63. The van der Waals surface area contributed by atoms with Crippen LogP contribution in [0.3, 0.4) is 0 Å². The Bertz CT molecular complexity index is 679. The number of urea groups is 1. The fourth-order valence-corrected chi connectivity index (χ4v) is 2.06. The van der Waals surface area contributed by atoms with Crippen molar-refractivity contribution in [1.29, 1.82) is 0 Å². The van der Waals surface area contributed by atoms with Crippen molar-refractivity contribution in [3.05, 3.63) is 63.9 Å². The maximum atomic E-state index is 13.4. The zero-order valence-electron chi connectivity index (χ0n) is 10.6. The minimum absolute atomic E-state index is 0.205. The number of anilines is 1. The van der Waals surface area contributed by atoms with E-state index in [9.17, 15) is 18.0 Å². The highest BCUT2D eigenvalue weighted by atomic mass is 79.9. The van der Waals surface area contributed by atoms with Crippen molar-refractivity contribution >= 4 is 27.6 Å². The Hall–Kier alpha value is -2.02. The maximum Gasteiger partial charge on any atom is 0.319 e. The van der Waals surface area contributed by atoms with Gasteiger partial charge in [-0.3, -0.25) is 0 Å². The highest BCUT2D eigenvalue weighted by Crippen LogP contribution is 2.19. The van der Waals surface area contributed by atoms with E-state index in [-0.39, 0.29) is 6.54 Å². The summed E-state index contributed by atoms with van der Waals surface area (Å²) in [6.45, 7) is 0.205. The molecule has 2 amide bonds. The van der Waals surface area contributed by atoms with E-state index in [1.165, 1.54) is 0 Å². The van der Waals surface area contributed by atoms with Crippen LogP contribution in [-0.2, 0) is 6.54 Å². The molecule has 0 heterocycles. The van der Waals surface area contributed by atoms with Crippen LogP contribution >= 0.6 is 15.9 Å². The molecule has 110 valence electrons. The third-order valence-corrected chi connectivity index (χ3v) is 3.12. The molecule has 0 aliphatic heterocycles. The Morgan fingerprint density at radius 3 is 2.57 bits per heavy atom. The van der Waals surface area contributed by atoms with Crippen molar-refractivity contribution in [2.45, 2.75) is 6.54 Å². The molecule has 0 unspecified atom stereocenters. The van der Waals surface area contributed by atoms with Gasteiger partial charge in [0.2, 0.25) is 0 Å². The van der Waals surface area contributed by atoms with Gasteiger partial charge in [-0.2, -0.15) is 0 Å². The van der Waals surface area contributed by atoms with Crippen LogP contribution in [0.25, 0.3) is 0 Å². The summed E-state index contributed by atoms with van der Waals surface area (Å²) in [5.74, 6) is -4.38. The number of carbonyl (C=O) groups is 1. The van der Waals surface area contributed by atoms with Crippen molar-refractivity contribution in [2.75, 3.05) is 5.32 Å². The van der Waals surface area contributed by atoms with E-state index in [1.807, 2.05) is 6.07 Å². The molecule has 0 radical (unpaired) electrons. The van der Waals surface area contributed by atoms with Gasteiger partial charge >= 0.3 is 6.03 Å². The largest absolute Gasteiger partial charge is 0.334 e. The molecule has 7 heteroatoms. The lowest BCUT2D eigenvalue weighted by molar-refractivity contribution is 0.251. The molecule has 0 aliphatic rings. The molecular formula is C14H10BrF3N2O. The van der Waals surface area contributed by atoms with Crippen LogP contribution in [0.2, 0.25) is 0 Å². The summed E-state index contributed by atoms with van der Waals surface area (Å²) < 4.78 is 40.0. The predicted molar refractivity (Wildman–Crippen MR) is 76.3 cm³/mol. The zero-order chi connectivity index (χ0) is 15.4. The van der Waals surface area contributed by atoms with Gasteiger partial charge in [0.25, 0.3) is 0 Å². The van der Waals surface area contributed by atoms with Crippen molar-refractivity contribution in [3.8, 4) is 0 Å². The molecule has 2 aromatic carbocycles. The lowest BCUT2D eigenvalue weighted by atomic mass is 10.2. The number of carbonyl (C=O) groups excluding carboxylic acids is 1. The minimum Gasteiger partial charge on any atom is -0.334 e. The molecule has 0 saturated carbocycles. The van der Waals surface area contributed by atoms with Crippen molar-refractivity contribution in [1.82, 2.24) is 5.32 Å². The van der Waals surface area contributed by atoms with Crippen LogP contribution in [0.5, 0.6) is 0 Å². The third kappa shape index (κ3) is 3.98. The maximum absolute atomic E-state index is 13.4. The zero-order valence-corrected chi connectivity index (χ0v) is 12.2. The van der Waals surface area contributed by atoms with E-state index in [0.717, 1.165) is 22.2 Å². The molecule has 2 aromatic rings. The molecule has 2 N–H and O–H groups in total. The van der Waals surface area contributed by atoms with E-state index in [2.05, 4.69) is 26.6 Å². The van der Waals surface area contributed by atoms with Gasteiger partial charge in [0.1, 0.15) is 0 Å². The predicted octanol–water partition coefficient (Wildman–Crippen LogP) is 4.19. The molecule has 0 fully saturated rings. The normalized spacial score (nSPS) is 10.3. The third-order valence-electron chi connectivity index (χ3n) is 2.63. The number of amides is 2. The van der Waals surface area contributed by atoms with Crippen LogP contribution in [-0.4, -0.2) is 6.03 Å². The lowest BCUT2D eigenvalue weighted by Crippen LogP contribution is -2.28. The number of hydrogen-bond donors (Lipinski definition) is 2. The van der Waals surface area contributed by atoms with E-state index >= 15 is 0 Å². The summed E-state index contributed by atoms with van der Waals surface area (Å²) >= 11 is 3.29. The lowest BCUT2D eigenvalue weighted by Gasteiger charge is -2.09. The molecule has 0 bridgehead atoms. The molecular weight excluding hydrogens is 349 g/mol. The first-order chi connectivity index (χ1) is 9.97. The van der Waals surface area contributed by atoms with Crippen molar-refractivity contribution in [2.24, 2.45) is 0 Å². The Morgan fingerprint density at radius 1 is 1.10 bits per heavy atom. The Balaban J connectivity index is 1.98. The molecule has 0 spiro atoms. The summed E-state index contributed by atoms with van der Waals surface area (Å²) in [5, 5.41) is 4.60. The first kappa shape index (κ1) is 15.4. The van der Waals surface area contributed by atoms with Crippen LogP contribution in [0.4, 0.5) is 23.7 Å².